The van der Waals surface area contributed by atoms with Gasteiger partial charge in [0.05, 0.1) is 25.1 Å². The molecule has 0 radical (unpaired) electrons. The van der Waals surface area contributed by atoms with E-state index in [-0.39, 0.29) is 0 Å². The maximum atomic E-state index is 5.82. The predicted molar refractivity (Wildman–Crippen MR) is 129 cm³/mol. The van der Waals surface area contributed by atoms with Crippen LogP contribution in [0.15, 0.2) is 79.1 Å². The summed E-state index contributed by atoms with van der Waals surface area (Å²) in [5.74, 6) is 1.71. The normalized spacial score (nSPS) is 10.7. The molecular formula is C27H28N4O2. The Morgan fingerprint density at radius 2 is 1.36 bits per heavy atom. The Hall–Kier alpha value is -3.80. The molecule has 3 heterocycles. The monoisotopic (exact) mass is 440 g/mol. The molecule has 0 aliphatic heterocycles. The molecule has 0 fully saturated rings. The zero-order valence-electron chi connectivity index (χ0n) is 18.9. The third-order valence-corrected chi connectivity index (χ3v) is 5.38. The summed E-state index contributed by atoms with van der Waals surface area (Å²) in [5, 5.41) is 8.94. The number of hydrogen-bond acceptors (Lipinski definition) is 6. The van der Waals surface area contributed by atoms with E-state index >= 15 is 0 Å². The van der Waals surface area contributed by atoms with Crippen LogP contribution in [0.1, 0.15) is 31.2 Å². The van der Waals surface area contributed by atoms with Gasteiger partial charge in [-0.1, -0.05) is 25.0 Å². The molecule has 3 aromatic heterocycles. The fraction of sp³-hybridized carbons (Fsp3) is 0.259. The summed E-state index contributed by atoms with van der Waals surface area (Å²) in [6.07, 6.45) is 8.80. The minimum atomic E-state index is 0.714. The first-order valence-electron chi connectivity index (χ1n) is 11.3. The van der Waals surface area contributed by atoms with E-state index in [1.54, 1.807) is 19.5 Å². The molecule has 0 atom stereocenters. The Kier molecular flexibility index (Phi) is 7.95. The number of aromatic nitrogens is 4. The molecule has 0 N–H and O–H groups in total. The van der Waals surface area contributed by atoms with Gasteiger partial charge in [-0.25, -0.2) is 0 Å². The Morgan fingerprint density at radius 1 is 0.667 bits per heavy atom. The molecule has 6 nitrogen and oxygen atoms in total. The number of hydrogen-bond donors (Lipinski definition) is 0. The van der Waals surface area contributed by atoms with Crippen molar-refractivity contribution < 1.29 is 9.47 Å². The summed E-state index contributed by atoms with van der Waals surface area (Å²) >= 11 is 0. The van der Waals surface area contributed by atoms with Gasteiger partial charge in [0, 0.05) is 12.4 Å². The van der Waals surface area contributed by atoms with Crippen molar-refractivity contribution in [2.45, 2.75) is 32.1 Å². The zero-order valence-corrected chi connectivity index (χ0v) is 18.9. The number of rotatable bonds is 11. The highest BCUT2D eigenvalue weighted by Gasteiger charge is 2.12. The van der Waals surface area contributed by atoms with Crippen molar-refractivity contribution in [2.24, 2.45) is 0 Å². The number of benzene rings is 1. The molecule has 0 bridgehead atoms. The van der Waals surface area contributed by atoms with Crippen molar-refractivity contribution in [3.63, 3.8) is 0 Å². The topological polar surface area (TPSA) is 70.0 Å². The first kappa shape index (κ1) is 22.4. The summed E-state index contributed by atoms with van der Waals surface area (Å²) in [6.45, 7) is 0.714. The Balaban J connectivity index is 1.32. The molecular weight excluding hydrogens is 412 g/mol. The predicted octanol–water partition coefficient (Wildman–Crippen LogP) is 5.79. The average molecular weight is 441 g/mol. The molecule has 0 saturated carbocycles. The smallest absolute Gasteiger partial charge is 0.119 e. The van der Waals surface area contributed by atoms with Crippen LogP contribution in [-0.4, -0.2) is 33.9 Å². The van der Waals surface area contributed by atoms with Gasteiger partial charge in [-0.15, -0.1) is 10.2 Å². The van der Waals surface area contributed by atoms with Crippen molar-refractivity contribution in [2.75, 3.05) is 13.7 Å². The van der Waals surface area contributed by atoms with Gasteiger partial charge < -0.3 is 9.47 Å². The fourth-order valence-corrected chi connectivity index (χ4v) is 3.61. The first-order chi connectivity index (χ1) is 16.3. The van der Waals surface area contributed by atoms with Crippen LogP contribution in [0.5, 0.6) is 11.5 Å². The van der Waals surface area contributed by atoms with Crippen LogP contribution < -0.4 is 9.47 Å². The third kappa shape index (κ3) is 6.35. The van der Waals surface area contributed by atoms with Gasteiger partial charge in [0.1, 0.15) is 22.9 Å². The van der Waals surface area contributed by atoms with Gasteiger partial charge in [-0.2, -0.15) is 0 Å². The molecule has 0 saturated heterocycles. The van der Waals surface area contributed by atoms with Crippen LogP contribution in [-0.2, 0) is 6.42 Å². The van der Waals surface area contributed by atoms with E-state index in [2.05, 4.69) is 26.2 Å². The first-order valence-corrected chi connectivity index (χ1v) is 11.3. The van der Waals surface area contributed by atoms with Crippen molar-refractivity contribution in [1.29, 1.82) is 0 Å². The number of pyridine rings is 2. The van der Waals surface area contributed by atoms with Crippen molar-refractivity contribution in [1.82, 2.24) is 20.2 Å². The van der Waals surface area contributed by atoms with Gasteiger partial charge in [-0.3, -0.25) is 9.97 Å². The minimum absolute atomic E-state index is 0.714. The molecule has 0 unspecified atom stereocenters. The minimum Gasteiger partial charge on any atom is -0.497 e. The lowest BCUT2D eigenvalue weighted by molar-refractivity contribution is 0.304. The summed E-state index contributed by atoms with van der Waals surface area (Å²) in [7, 11) is 1.66. The van der Waals surface area contributed by atoms with Crippen molar-refractivity contribution in [3.8, 4) is 34.3 Å². The van der Waals surface area contributed by atoms with Crippen LogP contribution in [0.2, 0.25) is 0 Å². The van der Waals surface area contributed by atoms with E-state index in [9.17, 15) is 0 Å². The molecule has 0 amide bonds. The maximum absolute atomic E-state index is 5.82. The number of nitrogens with zero attached hydrogens (tertiary/aromatic N) is 4. The second-order valence-electron chi connectivity index (χ2n) is 7.72. The van der Waals surface area contributed by atoms with Gasteiger partial charge in [0.2, 0.25) is 0 Å². The molecule has 6 heteroatoms. The van der Waals surface area contributed by atoms with Crippen molar-refractivity contribution >= 4 is 0 Å². The van der Waals surface area contributed by atoms with Crippen molar-refractivity contribution in [3.05, 3.63) is 84.7 Å². The molecule has 0 spiro atoms. The van der Waals surface area contributed by atoms with Gasteiger partial charge >= 0.3 is 0 Å². The second-order valence-corrected chi connectivity index (χ2v) is 7.72. The zero-order chi connectivity index (χ0) is 22.7. The molecule has 1 aromatic carbocycles. The lowest BCUT2D eigenvalue weighted by Crippen LogP contribution is -2.01. The van der Waals surface area contributed by atoms with Crippen LogP contribution in [0.4, 0.5) is 0 Å². The molecule has 33 heavy (non-hydrogen) atoms. The van der Waals surface area contributed by atoms with Gasteiger partial charge in [0.15, 0.2) is 0 Å². The molecule has 0 aliphatic carbocycles. The fourth-order valence-electron chi connectivity index (χ4n) is 3.61. The quantitative estimate of drug-likeness (QED) is 0.275. The number of ether oxygens (including phenoxy) is 2. The number of unbranched alkanes of at least 4 members (excludes halogenated alkanes) is 3. The Labute approximate surface area is 194 Å². The highest BCUT2D eigenvalue weighted by atomic mass is 16.5. The van der Waals surface area contributed by atoms with Crippen LogP contribution in [0.25, 0.3) is 22.8 Å². The van der Waals surface area contributed by atoms with Crippen LogP contribution in [0, 0.1) is 0 Å². The summed E-state index contributed by atoms with van der Waals surface area (Å²) in [6, 6.07) is 21.5. The Bertz CT molecular complexity index is 1120. The highest BCUT2D eigenvalue weighted by Crippen LogP contribution is 2.24. The summed E-state index contributed by atoms with van der Waals surface area (Å²) in [5.41, 5.74) is 4.46. The largest absolute Gasteiger partial charge is 0.497 e. The second kappa shape index (κ2) is 11.7. The van der Waals surface area contributed by atoms with Crippen LogP contribution >= 0.6 is 0 Å². The molecule has 4 aromatic rings. The number of methoxy groups -OCH3 is 1. The molecule has 0 aliphatic rings. The Morgan fingerprint density at radius 3 is 2.06 bits per heavy atom. The highest BCUT2D eigenvalue weighted by molar-refractivity contribution is 5.63. The maximum Gasteiger partial charge on any atom is 0.119 e. The van der Waals surface area contributed by atoms with E-state index in [0.717, 1.165) is 71.9 Å². The summed E-state index contributed by atoms with van der Waals surface area (Å²) in [4.78, 5) is 8.90. The van der Waals surface area contributed by atoms with Gasteiger partial charge in [-0.05, 0) is 79.4 Å². The lowest BCUT2D eigenvalue weighted by Gasteiger charge is -2.10. The van der Waals surface area contributed by atoms with E-state index < -0.39 is 0 Å². The third-order valence-electron chi connectivity index (χ3n) is 5.38. The molecule has 168 valence electrons. The standard InChI is InChI=1S/C27H28N4O2/c1-32-22-13-15-23(16-14-22)33-19-9-3-2-4-10-21-20-26(24-11-5-7-17-28-24)30-31-27(21)25-12-6-8-18-29-25/h5-8,11-18,20H,2-4,9-10,19H2,1H3. The van der Waals surface area contributed by atoms with E-state index in [1.165, 1.54) is 0 Å². The van der Waals surface area contributed by atoms with E-state index in [4.69, 9.17) is 9.47 Å². The lowest BCUT2D eigenvalue weighted by atomic mass is 10.0. The van der Waals surface area contributed by atoms with Gasteiger partial charge in [0.25, 0.3) is 0 Å². The van der Waals surface area contributed by atoms with Crippen LogP contribution in [0.3, 0.4) is 0 Å². The summed E-state index contributed by atoms with van der Waals surface area (Å²) < 4.78 is 11.0. The SMILES string of the molecule is COc1ccc(OCCCCCCc2cc(-c3ccccn3)nnc2-c2ccccn2)cc1. The number of aryl methyl sites for hydroxylation is 1. The molecule has 4 rings (SSSR count). The van der Waals surface area contributed by atoms with E-state index in [0.29, 0.717) is 6.61 Å². The average Bonchev–Trinajstić information content (AvgIpc) is 2.89. The van der Waals surface area contributed by atoms with E-state index in [1.807, 2.05) is 60.7 Å².